The van der Waals surface area contributed by atoms with Crippen molar-refractivity contribution in [2.45, 2.75) is 19.1 Å². The van der Waals surface area contributed by atoms with Crippen molar-refractivity contribution < 1.29 is 19.1 Å². The lowest BCUT2D eigenvalue weighted by Gasteiger charge is -2.33. The smallest absolute Gasteiger partial charge is 0.331 e. The fourth-order valence-corrected chi connectivity index (χ4v) is 1.02. The first kappa shape index (κ1) is 8.99. The zero-order valence-electron chi connectivity index (χ0n) is 6.99. The molecule has 1 amide bonds. The van der Waals surface area contributed by atoms with Crippen LogP contribution in [0.25, 0.3) is 0 Å². The molecule has 0 aromatic carbocycles. The van der Waals surface area contributed by atoms with Crippen LogP contribution in [0.15, 0.2) is 0 Å². The van der Waals surface area contributed by atoms with Gasteiger partial charge in [0.25, 0.3) is 5.91 Å². The number of carbonyl (C=O) groups is 2. The summed E-state index contributed by atoms with van der Waals surface area (Å²) < 4.78 is 9.46. The van der Waals surface area contributed by atoms with Gasteiger partial charge in [-0.2, -0.15) is 0 Å². The molecular weight excluding hydrogens is 162 g/mol. The number of hydrogen-bond acceptors (Lipinski definition) is 4. The van der Waals surface area contributed by atoms with Gasteiger partial charge in [-0.1, -0.05) is 0 Å². The van der Waals surface area contributed by atoms with Gasteiger partial charge in [0, 0.05) is 7.11 Å². The second kappa shape index (κ2) is 3.53. The van der Waals surface area contributed by atoms with Crippen molar-refractivity contribution in [1.29, 1.82) is 0 Å². The number of hydrogen-bond donors (Lipinski definition) is 1. The van der Waals surface area contributed by atoms with Gasteiger partial charge >= 0.3 is 5.97 Å². The minimum Gasteiger partial charge on any atom is -0.464 e. The minimum atomic E-state index is -0.677. The lowest BCUT2D eigenvalue weighted by molar-refractivity contribution is -0.164. The van der Waals surface area contributed by atoms with Crippen LogP contribution < -0.4 is 5.32 Å². The summed E-state index contributed by atoms with van der Waals surface area (Å²) in [7, 11) is 1.38. The topological polar surface area (TPSA) is 64.6 Å². The Labute approximate surface area is 70.0 Å². The lowest BCUT2D eigenvalue weighted by Crippen LogP contribution is -2.66. The lowest BCUT2D eigenvalue weighted by atomic mass is 10.0. The summed E-state index contributed by atoms with van der Waals surface area (Å²) >= 11 is 0. The highest BCUT2D eigenvalue weighted by molar-refractivity contribution is 5.99. The summed E-state index contributed by atoms with van der Waals surface area (Å²) in [6.07, 6.45) is -0.677. The highest BCUT2D eigenvalue weighted by Gasteiger charge is 2.45. The van der Waals surface area contributed by atoms with Crippen LogP contribution >= 0.6 is 0 Å². The van der Waals surface area contributed by atoms with E-state index in [4.69, 9.17) is 9.47 Å². The van der Waals surface area contributed by atoms with Crippen molar-refractivity contribution in [2.24, 2.45) is 0 Å². The Hall–Kier alpha value is -1.10. The molecule has 1 heterocycles. The molecule has 0 aromatic heterocycles. The summed E-state index contributed by atoms with van der Waals surface area (Å²) in [5.74, 6) is -0.709. The van der Waals surface area contributed by atoms with E-state index in [-0.39, 0.29) is 5.91 Å². The van der Waals surface area contributed by atoms with Crippen molar-refractivity contribution in [3.8, 4) is 0 Å². The maximum atomic E-state index is 11.0. The second-order valence-electron chi connectivity index (χ2n) is 2.39. The molecular formula is C7H11NO4. The van der Waals surface area contributed by atoms with Crippen LogP contribution in [0.3, 0.4) is 0 Å². The van der Waals surface area contributed by atoms with Gasteiger partial charge in [0.1, 0.15) is 0 Å². The van der Waals surface area contributed by atoms with Crippen LogP contribution in [0.1, 0.15) is 6.92 Å². The monoisotopic (exact) mass is 173 g/mol. The van der Waals surface area contributed by atoms with Gasteiger partial charge in [-0.05, 0) is 6.92 Å². The number of ether oxygens (including phenoxy) is 2. The Morgan fingerprint density at radius 2 is 2.33 bits per heavy atom. The molecule has 68 valence electrons. The van der Waals surface area contributed by atoms with E-state index in [0.717, 1.165) is 0 Å². The first-order valence-corrected chi connectivity index (χ1v) is 3.70. The first-order valence-electron chi connectivity index (χ1n) is 3.70. The molecule has 0 radical (unpaired) electrons. The third-order valence-corrected chi connectivity index (χ3v) is 1.65. The molecule has 5 nitrogen and oxygen atoms in total. The number of esters is 1. The van der Waals surface area contributed by atoms with E-state index in [2.05, 4.69) is 5.32 Å². The molecule has 1 rings (SSSR count). The standard InChI is InChI=1S/C7H11NO4/c1-3-12-7(10)4-5(11-2)6(9)8-4/h4-5H,3H2,1-2H3,(H,8,9). The van der Waals surface area contributed by atoms with Crippen LogP contribution in [0, 0.1) is 0 Å². The average Bonchev–Trinajstić information content (AvgIpc) is 2.01. The van der Waals surface area contributed by atoms with Crippen LogP contribution in [0.5, 0.6) is 0 Å². The Balaban J connectivity index is 2.44. The van der Waals surface area contributed by atoms with Gasteiger partial charge < -0.3 is 14.8 Å². The maximum absolute atomic E-state index is 11.0. The van der Waals surface area contributed by atoms with Crippen molar-refractivity contribution in [3.05, 3.63) is 0 Å². The number of methoxy groups -OCH3 is 1. The summed E-state index contributed by atoms with van der Waals surface area (Å²) in [5.41, 5.74) is 0. The Kier molecular flexibility index (Phi) is 2.65. The maximum Gasteiger partial charge on any atom is 0.331 e. The number of nitrogens with one attached hydrogen (secondary N) is 1. The number of amides is 1. The van der Waals surface area contributed by atoms with E-state index < -0.39 is 18.1 Å². The number of carbonyl (C=O) groups excluding carboxylic acids is 2. The van der Waals surface area contributed by atoms with Crippen LogP contribution in [0.4, 0.5) is 0 Å². The summed E-state index contributed by atoms with van der Waals surface area (Å²) in [6.45, 7) is 2.02. The summed E-state index contributed by atoms with van der Waals surface area (Å²) in [4.78, 5) is 21.8. The molecule has 1 aliphatic heterocycles. The van der Waals surface area contributed by atoms with E-state index in [1.165, 1.54) is 7.11 Å². The molecule has 0 bridgehead atoms. The summed E-state index contributed by atoms with van der Waals surface area (Å²) in [6, 6.07) is -0.623. The molecule has 0 aromatic rings. The van der Waals surface area contributed by atoms with E-state index in [0.29, 0.717) is 6.61 Å². The third kappa shape index (κ3) is 1.40. The SMILES string of the molecule is CCOC(=O)C1NC(=O)C1OC. The summed E-state index contributed by atoms with van der Waals surface area (Å²) in [5, 5.41) is 2.39. The van der Waals surface area contributed by atoms with E-state index in [1.807, 2.05) is 0 Å². The van der Waals surface area contributed by atoms with Gasteiger partial charge in [-0.3, -0.25) is 4.79 Å². The molecule has 0 aliphatic carbocycles. The van der Waals surface area contributed by atoms with Crippen LogP contribution in [0.2, 0.25) is 0 Å². The fourth-order valence-electron chi connectivity index (χ4n) is 1.02. The van der Waals surface area contributed by atoms with E-state index >= 15 is 0 Å². The number of rotatable bonds is 3. The zero-order valence-corrected chi connectivity index (χ0v) is 6.99. The minimum absolute atomic E-state index is 0.268. The van der Waals surface area contributed by atoms with E-state index in [9.17, 15) is 9.59 Å². The molecule has 12 heavy (non-hydrogen) atoms. The zero-order chi connectivity index (χ0) is 9.14. The molecule has 1 fully saturated rings. The van der Waals surface area contributed by atoms with Crippen molar-refractivity contribution in [3.63, 3.8) is 0 Å². The predicted octanol–water partition coefficient (Wildman–Crippen LogP) is -0.937. The van der Waals surface area contributed by atoms with Crippen molar-refractivity contribution >= 4 is 11.9 Å². The Bertz CT molecular complexity index is 204. The molecule has 5 heteroatoms. The molecule has 1 saturated heterocycles. The fraction of sp³-hybridized carbons (Fsp3) is 0.714. The van der Waals surface area contributed by atoms with Gasteiger partial charge in [0.15, 0.2) is 12.1 Å². The molecule has 1 N–H and O–H groups in total. The first-order chi connectivity index (χ1) is 5.70. The van der Waals surface area contributed by atoms with Gasteiger partial charge in [0.2, 0.25) is 0 Å². The predicted molar refractivity (Wildman–Crippen MR) is 39.4 cm³/mol. The third-order valence-electron chi connectivity index (χ3n) is 1.65. The molecule has 1 aliphatic rings. The molecule has 0 spiro atoms. The Morgan fingerprint density at radius 3 is 2.75 bits per heavy atom. The second-order valence-corrected chi connectivity index (χ2v) is 2.39. The van der Waals surface area contributed by atoms with Crippen molar-refractivity contribution in [1.82, 2.24) is 5.32 Å². The quantitative estimate of drug-likeness (QED) is 0.442. The molecule has 2 atom stereocenters. The Morgan fingerprint density at radius 1 is 1.67 bits per heavy atom. The van der Waals surface area contributed by atoms with E-state index in [1.54, 1.807) is 6.92 Å². The molecule has 0 saturated carbocycles. The molecule has 2 unspecified atom stereocenters. The van der Waals surface area contributed by atoms with Crippen molar-refractivity contribution in [2.75, 3.05) is 13.7 Å². The largest absolute Gasteiger partial charge is 0.464 e. The number of β-lactam (4-membered cyclic amide) rings is 1. The van der Waals surface area contributed by atoms with Gasteiger partial charge in [-0.15, -0.1) is 0 Å². The highest BCUT2D eigenvalue weighted by Crippen LogP contribution is 2.10. The average molecular weight is 173 g/mol. The van der Waals surface area contributed by atoms with Gasteiger partial charge in [0.05, 0.1) is 6.61 Å². The van der Waals surface area contributed by atoms with Crippen LogP contribution in [-0.2, 0) is 19.1 Å². The van der Waals surface area contributed by atoms with Crippen LogP contribution in [-0.4, -0.2) is 37.7 Å². The van der Waals surface area contributed by atoms with Gasteiger partial charge in [-0.25, -0.2) is 4.79 Å². The highest BCUT2D eigenvalue weighted by atomic mass is 16.5. The normalized spacial score (nSPS) is 27.3.